The molecule has 1 N–H and O–H groups in total. The van der Waals surface area contributed by atoms with Crippen molar-refractivity contribution in [3.8, 4) is 5.75 Å². The minimum Gasteiger partial charge on any atom is -0.506 e. The number of aldehydes is 1. The molecule has 1 heterocycles. The minimum absolute atomic E-state index is 0.0997. The highest BCUT2D eigenvalue weighted by molar-refractivity contribution is 5.77. The highest BCUT2D eigenvalue weighted by Gasteiger charge is 2.10. The third-order valence-corrected chi connectivity index (χ3v) is 1.93. The predicted molar refractivity (Wildman–Crippen MR) is 50.1 cm³/mol. The zero-order chi connectivity index (χ0) is 10.0. The van der Waals surface area contributed by atoms with Crippen LogP contribution >= 0.6 is 0 Å². The molecule has 0 bridgehead atoms. The highest BCUT2D eigenvalue weighted by Crippen LogP contribution is 2.24. The van der Waals surface area contributed by atoms with E-state index in [1.807, 2.05) is 13.8 Å². The van der Waals surface area contributed by atoms with Crippen LogP contribution in [0.4, 0.5) is 0 Å². The van der Waals surface area contributed by atoms with E-state index in [0.29, 0.717) is 23.2 Å². The number of carbonyl (C=O) groups excluding carboxylic acids is 1. The maximum atomic E-state index is 10.5. The van der Waals surface area contributed by atoms with Gasteiger partial charge in [0.25, 0.3) is 0 Å². The van der Waals surface area contributed by atoms with Gasteiger partial charge >= 0.3 is 0 Å². The van der Waals surface area contributed by atoms with E-state index >= 15 is 0 Å². The standard InChI is InChI=1S/C10H13NO2/c1-6(2)10-9(13)4-8(5-12)7(3)11-10/h4-6,13H,1-3H3. The van der Waals surface area contributed by atoms with Gasteiger partial charge in [-0.25, -0.2) is 0 Å². The van der Waals surface area contributed by atoms with E-state index in [4.69, 9.17) is 0 Å². The molecule has 0 aliphatic carbocycles. The van der Waals surface area contributed by atoms with E-state index in [9.17, 15) is 9.90 Å². The molecule has 0 fully saturated rings. The first-order valence-electron chi connectivity index (χ1n) is 4.22. The van der Waals surface area contributed by atoms with E-state index in [0.717, 1.165) is 0 Å². The second-order valence-corrected chi connectivity index (χ2v) is 3.34. The van der Waals surface area contributed by atoms with Gasteiger partial charge in [0, 0.05) is 11.3 Å². The van der Waals surface area contributed by atoms with E-state index < -0.39 is 0 Å². The molecule has 0 aromatic carbocycles. The lowest BCUT2D eigenvalue weighted by atomic mass is 10.1. The number of aromatic nitrogens is 1. The van der Waals surface area contributed by atoms with Crippen molar-refractivity contribution in [3.05, 3.63) is 23.0 Å². The van der Waals surface area contributed by atoms with Gasteiger partial charge in [-0.05, 0) is 18.9 Å². The maximum Gasteiger partial charge on any atom is 0.152 e. The quantitative estimate of drug-likeness (QED) is 0.707. The molecule has 3 heteroatoms. The van der Waals surface area contributed by atoms with E-state index in [2.05, 4.69) is 4.98 Å². The normalized spacial score (nSPS) is 10.5. The fourth-order valence-electron chi connectivity index (χ4n) is 1.17. The van der Waals surface area contributed by atoms with Crippen molar-refractivity contribution in [2.24, 2.45) is 0 Å². The Kier molecular flexibility index (Phi) is 2.66. The SMILES string of the molecule is Cc1nc(C(C)C)c(O)cc1C=O. The van der Waals surface area contributed by atoms with Crippen LogP contribution < -0.4 is 0 Å². The zero-order valence-corrected chi connectivity index (χ0v) is 8.03. The molecule has 0 saturated carbocycles. The molecule has 0 saturated heterocycles. The van der Waals surface area contributed by atoms with E-state index in [-0.39, 0.29) is 11.7 Å². The Morgan fingerprint density at radius 2 is 2.15 bits per heavy atom. The molecule has 13 heavy (non-hydrogen) atoms. The van der Waals surface area contributed by atoms with Gasteiger partial charge in [0.15, 0.2) is 6.29 Å². The Labute approximate surface area is 77.4 Å². The zero-order valence-electron chi connectivity index (χ0n) is 8.03. The third-order valence-electron chi connectivity index (χ3n) is 1.93. The Bertz CT molecular complexity index is 332. The fourth-order valence-corrected chi connectivity index (χ4v) is 1.17. The summed E-state index contributed by atoms with van der Waals surface area (Å²) in [6, 6.07) is 1.46. The van der Waals surface area contributed by atoms with Crippen LogP contribution in [-0.2, 0) is 0 Å². The molecule has 0 amide bonds. The minimum atomic E-state index is 0.0997. The van der Waals surface area contributed by atoms with Gasteiger partial charge in [-0.15, -0.1) is 0 Å². The Hall–Kier alpha value is -1.38. The number of rotatable bonds is 2. The molecule has 3 nitrogen and oxygen atoms in total. The molecule has 1 aromatic rings. The molecule has 0 radical (unpaired) electrons. The van der Waals surface area contributed by atoms with Crippen LogP contribution in [-0.4, -0.2) is 16.4 Å². The summed E-state index contributed by atoms with van der Waals surface area (Å²) < 4.78 is 0. The fraction of sp³-hybridized carbons (Fsp3) is 0.400. The monoisotopic (exact) mass is 179 g/mol. The van der Waals surface area contributed by atoms with Crippen LogP contribution in [0.3, 0.4) is 0 Å². The number of hydrogen-bond donors (Lipinski definition) is 1. The van der Waals surface area contributed by atoms with Gasteiger partial charge in [-0.1, -0.05) is 13.8 Å². The van der Waals surface area contributed by atoms with Gasteiger partial charge in [0.05, 0.1) is 5.69 Å². The lowest BCUT2D eigenvalue weighted by Crippen LogP contribution is -1.99. The van der Waals surface area contributed by atoms with Crippen molar-refractivity contribution in [3.63, 3.8) is 0 Å². The van der Waals surface area contributed by atoms with Crippen LogP contribution in [0.2, 0.25) is 0 Å². The first-order chi connectivity index (χ1) is 6.06. The van der Waals surface area contributed by atoms with Gasteiger partial charge < -0.3 is 5.11 Å². The number of aryl methyl sites for hydroxylation is 1. The lowest BCUT2D eigenvalue weighted by molar-refractivity contribution is 0.112. The molecule has 0 spiro atoms. The molecule has 0 unspecified atom stereocenters. The maximum absolute atomic E-state index is 10.5. The summed E-state index contributed by atoms with van der Waals surface area (Å²) in [4.78, 5) is 14.7. The van der Waals surface area contributed by atoms with Crippen molar-refractivity contribution in [1.29, 1.82) is 0 Å². The Morgan fingerprint density at radius 1 is 1.54 bits per heavy atom. The summed E-state index contributed by atoms with van der Waals surface area (Å²) in [6.07, 6.45) is 0.701. The van der Waals surface area contributed by atoms with Crippen molar-refractivity contribution in [2.45, 2.75) is 26.7 Å². The summed E-state index contributed by atoms with van der Waals surface area (Å²) >= 11 is 0. The second kappa shape index (κ2) is 3.56. The molecular weight excluding hydrogens is 166 g/mol. The van der Waals surface area contributed by atoms with Crippen molar-refractivity contribution < 1.29 is 9.90 Å². The number of aromatic hydroxyl groups is 1. The van der Waals surface area contributed by atoms with Crippen molar-refractivity contribution in [1.82, 2.24) is 4.98 Å². The number of pyridine rings is 1. The van der Waals surface area contributed by atoms with Crippen LogP contribution in [0.5, 0.6) is 5.75 Å². The molecule has 0 atom stereocenters. The first-order valence-corrected chi connectivity index (χ1v) is 4.22. The van der Waals surface area contributed by atoms with E-state index in [1.165, 1.54) is 6.07 Å². The molecule has 1 rings (SSSR count). The molecule has 0 aliphatic heterocycles. The molecule has 1 aromatic heterocycles. The molecule has 70 valence electrons. The van der Waals surface area contributed by atoms with Crippen molar-refractivity contribution in [2.75, 3.05) is 0 Å². The smallest absolute Gasteiger partial charge is 0.152 e. The molecule has 0 aliphatic rings. The number of hydrogen-bond acceptors (Lipinski definition) is 3. The van der Waals surface area contributed by atoms with Gasteiger partial charge in [-0.3, -0.25) is 9.78 Å². The number of nitrogens with zero attached hydrogens (tertiary/aromatic N) is 1. The number of carbonyl (C=O) groups is 1. The predicted octanol–water partition coefficient (Wildman–Crippen LogP) is 2.03. The summed E-state index contributed by atoms with van der Waals surface area (Å²) in [7, 11) is 0. The summed E-state index contributed by atoms with van der Waals surface area (Å²) in [5.74, 6) is 0.266. The summed E-state index contributed by atoms with van der Waals surface area (Å²) in [6.45, 7) is 5.65. The van der Waals surface area contributed by atoms with Crippen LogP contribution in [0.25, 0.3) is 0 Å². The van der Waals surface area contributed by atoms with E-state index in [1.54, 1.807) is 6.92 Å². The topological polar surface area (TPSA) is 50.2 Å². The average Bonchev–Trinajstić information content (AvgIpc) is 2.07. The van der Waals surface area contributed by atoms with Crippen molar-refractivity contribution >= 4 is 6.29 Å². The average molecular weight is 179 g/mol. The van der Waals surface area contributed by atoms with Crippen LogP contribution in [0, 0.1) is 6.92 Å². The van der Waals surface area contributed by atoms with Crippen LogP contribution in [0.1, 0.15) is 41.5 Å². The largest absolute Gasteiger partial charge is 0.506 e. The summed E-state index contributed by atoms with van der Waals surface area (Å²) in [5, 5.41) is 9.50. The third kappa shape index (κ3) is 1.86. The Morgan fingerprint density at radius 3 is 2.62 bits per heavy atom. The van der Waals surface area contributed by atoms with Gasteiger partial charge in [0.1, 0.15) is 5.75 Å². The second-order valence-electron chi connectivity index (χ2n) is 3.34. The first kappa shape index (κ1) is 9.71. The lowest BCUT2D eigenvalue weighted by Gasteiger charge is -2.09. The Balaban J connectivity index is 3.28. The van der Waals surface area contributed by atoms with Gasteiger partial charge in [0.2, 0.25) is 0 Å². The van der Waals surface area contributed by atoms with Gasteiger partial charge in [-0.2, -0.15) is 0 Å². The molecular formula is C10H13NO2. The highest BCUT2D eigenvalue weighted by atomic mass is 16.3. The summed E-state index contributed by atoms with van der Waals surface area (Å²) in [5.41, 5.74) is 1.75. The van der Waals surface area contributed by atoms with Crippen LogP contribution in [0.15, 0.2) is 6.07 Å².